The zero-order valence-electron chi connectivity index (χ0n) is 18.5. The first-order chi connectivity index (χ1) is 16.9. The number of hydrogen-bond donors (Lipinski definition) is 1. The number of Topliss-reactive ketones (excluding diaryl/α,β-unsaturated/α-hetero) is 1. The molecule has 3 aromatic rings. The molecule has 0 aromatic heterocycles. The lowest BCUT2D eigenvalue weighted by molar-refractivity contribution is -0.132. The highest BCUT2D eigenvalue weighted by Gasteiger charge is 2.47. The highest BCUT2D eigenvalue weighted by atomic mass is 35.5. The Kier molecular flexibility index (Phi) is 6.05. The Labute approximate surface area is 211 Å². The molecule has 1 saturated heterocycles. The summed E-state index contributed by atoms with van der Waals surface area (Å²) in [5.41, 5.74) is 1.15. The van der Waals surface area contributed by atoms with Gasteiger partial charge in [0.15, 0.2) is 11.5 Å². The van der Waals surface area contributed by atoms with Gasteiger partial charge in [-0.25, -0.2) is 0 Å². The normalized spacial score (nSPS) is 18.6. The Morgan fingerprint density at radius 2 is 1.74 bits per heavy atom. The van der Waals surface area contributed by atoms with Crippen LogP contribution in [-0.2, 0) is 9.59 Å². The highest BCUT2D eigenvalue weighted by Crippen LogP contribution is 2.45. The Balaban J connectivity index is 1.71. The smallest absolute Gasteiger partial charge is 0.300 e. The van der Waals surface area contributed by atoms with E-state index in [0.29, 0.717) is 46.7 Å². The minimum absolute atomic E-state index is 0.0865. The first kappa shape index (κ1) is 23.1. The van der Waals surface area contributed by atoms with Crippen LogP contribution < -0.4 is 19.1 Å². The number of aliphatic hydroxyl groups is 1. The summed E-state index contributed by atoms with van der Waals surface area (Å²) in [7, 11) is 1.52. The molecule has 3 aromatic carbocycles. The first-order valence-corrected chi connectivity index (χ1v) is 11.4. The largest absolute Gasteiger partial charge is 0.507 e. The number of ketones is 1. The van der Waals surface area contributed by atoms with Crippen LogP contribution in [0.25, 0.3) is 5.76 Å². The van der Waals surface area contributed by atoms with Crippen molar-refractivity contribution in [2.75, 3.05) is 25.2 Å². The molecule has 2 aliphatic heterocycles. The molecule has 1 N–H and O–H groups in total. The van der Waals surface area contributed by atoms with Gasteiger partial charge in [-0.15, -0.1) is 0 Å². The number of ether oxygens (including phenoxy) is 3. The van der Waals surface area contributed by atoms with E-state index in [1.54, 1.807) is 42.5 Å². The predicted octanol–water partition coefficient (Wildman–Crippen LogP) is 5.40. The Morgan fingerprint density at radius 1 is 0.971 bits per heavy atom. The molecule has 35 heavy (non-hydrogen) atoms. The summed E-state index contributed by atoms with van der Waals surface area (Å²) in [6.07, 6.45) is 0. The SMILES string of the molecule is COc1cccc(C2/C(=C(\O)c3ccc(Cl)c(Cl)c3)C(=O)C(=O)N2c2ccc3c(c2)OCCO3)c1. The van der Waals surface area contributed by atoms with E-state index in [1.165, 1.54) is 30.2 Å². The fourth-order valence-electron chi connectivity index (χ4n) is 4.21. The molecule has 1 atom stereocenters. The molecule has 0 bridgehead atoms. The van der Waals surface area contributed by atoms with E-state index >= 15 is 0 Å². The van der Waals surface area contributed by atoms with Crippen molar-refractivity contribution < 1.29 is 28.9 Å². The predicted molar refractivity (Wildman–Crippen MR) is 132 cm³/mol. The summed E-state index contributed by atoms with van der Waals surface area (Å²) < 4.78 is 16.6. The Morgan fingerprint density at radius 3 is 2.49 bits per heavy atom. The molecular formula is C26H19Cl2NO6. The minimum Gasteiger partial charge on any atom is -0.507 e. The third kappa shape index (κ3) is 4.07. The van der Waals surface area contributed by atoms with Crippen molar-refractivity contribution in [3.05, 3.63) is 87.4 Å². The van der Waals surface area contributed by atoms with E-state index in [2.05, 4.69) is 0 Å². The number of rotatable bonds is 4. The fraction of sp³-hybridized carbons (Fsp3) is 0.154. The van der Waals surface area contributed by atoms with Crippen LogP contribution in [0.2, 0.25) is 10.0 Å². The highest BCUT2D eigenvalue weighted by molar-refractivity contribution is 6.51. The molecule has 1 amide bonds. The molecule has 0 aliphatic carbocycles. The van der Waals surface area contributed by atoms with Crippen LogP contribution in [0.4, 0.5) is 5.69 Å². The van der Waals surface area contributed by atoms with Gasteiger partial charge < -0.3 is 19.3 Å². The monoisotopic (exact) mass is 511 g/mol. The van der Waals surface area contributed by atoms with Gasteiger partial charge in [-0.2, -0.15) is 0 Å². The van der Waals surface area contributed by atoms with Gasteiger partial charge in [0.2, 0.25) is 0 Å². The van der Waals surface area contributed by atoms with E-state index in [-0.39, 0.29) is 21.9 Å². The average molecular weight is 512 g/mol. The first-order valence-electron chi connectivity index (χ1n) is 10.7. The summed E-state index contributed by atoms with van der Waals surface area (Å²) in [5, 5.41) is 11.7. The number of fused-ring (bicyclic) bond motifs is 1. The Hall–Kier alpha value is -3.68. The number of amides is 1. The molecule has 0 radical (unpaired) electrons. The van der Waals surface area contributed by atoms with Gasteiger partial charge in [0.05, 0.1) is 28.8 Å². The second-order valence-corrected chi connectivity index (χ2v) is 8.72. The van der Waals surface area contributed by atoms with Crippen molar-refractivity contribution in [2.24, 2.45) is 0 Å². The number of carbonyl (C=O) groups excluding carboxylic acids is 2. The summed E-state index contributed by atoms with van der Waals surface area (Å²) in [6, 6.07) is 15.5. The molecule has 2 aliphatic rings. The lowest BCUT2D eigenvalue weighted by Gasteiger charge is -2.27. The Bertz CT molecular complexity index is 1390. The van der Waals surface area contributed by atoms with Gasteiger partial charge in [0.1, 0.15) is 24.7 Å². The summed E-state index contributed by atoms with van der Waals surface area (Å²) in [4.78, 5) is 28.0. The molecule has 1 unspecified atom stereocenters. The topological polar surface area (TPSA) is 85.3 Å². The maximum absolute atomic E-state index is 13.4. The van der Waals surface area contributed by atoms with Gasteiger partial charge in [-0.1, -0.05) is 35.3 Å². The van der Waals surface area contributed by atoms with E-state index < -0.39 is 17.7 Å². The number of halogens is 2. The number of anilines is 1. The number of carbonyl (C=O) groups is 2. The molecule has 0 saturated carbocycles. The van der Waals surface area contributed by atoms with Gasteiger partial charge in [0.25, 0.3) is 11.7 Å². The lowest BCUT2D eigenvalue weighted by Crippen LogP contribution is -2.29. The molecule has 5 rings (SSSR count). The van der Waals surface area contributed by atoms with Crippen LogP contribution in [0.3, 0.4) is 0 Å². The standard InChI is InChI=1S/C26H19Cl2NO6/c1-33-17-4-2-3-14(11-17)23-22(24(30)15-5-7-18(27)19(28)12-15)25(31)26(32)29(23)16-6-8-20-21(13-16)35-10-9-34-20/h2-8,11-13,23,30H,9-10H2,1H3/b24-22+. The van der Waals surface area contributed by atoms with Crippen molar-refractivity contribution in [3.8, 4) is 17.2 Å². The second kappa shape index (κ2) is 9.17. The molecule has 178 valence electrons. The number of methoxy groups -OCH3 is 1. The van der Waals surface area contributed by atoms with E-state index in [4.69, 9.17) is 37.4 Å². The molecule has 1 fully saturated rings. The van der Waals surface area contributed by atoms with Gasteiger partial charge in [-0.05, 0) is 48.0 Å². The van der Waals surface area contributed by atoms with Crippen LogP contribution >= 0.6 is 23.2 Å². The summed E-state index contributed by atoms with van der Waals surface area (Å²) >= 11 is 12.2. The van der Waals surface area contributed by atoms with E-state index in [1.807, 2.05) is 0 Å². The van der Waals surface area contributed by atoms with Crippen molar-refractivity contribution in [2.45, 2.75) is 6.04 Å². The maximum Gasteiger partial charge on any atom is 0.300 e. The summed E-state index contributed by atoms with van der Waals surface area (Å²) in [6.45, 7) is 0.788. The lowest BCUT2D eigenvalue weighted by atomic mass is 9.95. The second-order valence-electron chi connectivity index (χ2n) is 7.90. The fourth-order valence-corrected chi connectivity index (χ4v) is 4.50. The van der Waals surface area contributed by atoms with Crippen LogP contribution in [0, 0.1) is 0 Å². The van der Waals surface area contributed by atoms with Gasteiger partial charge in [-0.3, -0.25) is 14.5 Å². The van der Waals surface area contributed by atoms with Crippen LogP contribution in [0.15, 0.2) is 66.2 Å². The van der Waals surface area contributed by atoms with E-state index in [9.17, 15) is 14.7 Å². The average Bonchev–Trinajstić information content (AvgIpc) is 3.15. The number of benzene rings is 3. The molecule has 0 spiro atoms. The van der Waals surface area contributed by atoms with Crippen LogP contribution in [-0.4, -0.2) is 37.1 Å². The number of aliphatic hydroxyl groups excluding tert-OH is 1. The quantitative estimate of drug-likeness (QED) is 0.286. The third-order valence-electron chi connectivity index (χ3n) is 5.85. The van der Waals surface area contributed by atoms with Crippen LogP contribution in [0.1, 0.15) is 17.2 Å². The van der Waals surface area contributed by atoms with E-state index in [0.717, 1.165) is 0 Å². The maximum atomic E-state index is 13.4. The molecular weight excluding hydrogens is 493 g/mol. The van der Waals surface area contributed by atoms with Gasteiger partial charge >= 0.3 is 0 Å². The van der Waals surface area contributed by atoms with Crippen molar-refractivity contribution >= 4 is 46.3 Å². The summed E-state index contributed by atoms with van der Waals surface area (Å²) in [5.74, 6) is -0.457. The van der Waals surface area contributed by atoms with Crippen molar-refractivity contribution in [1.29, 1.82) is 0 Å². The number of hydrogen-bond acceptors (Lipinski definition) is 6. The van der Waals surface area contributed by atoms with Gasteiger partial charge in [0, 0.05) is 17.3 Å². The zero-order valence-corrected chi connectivity index (χ0v) is 20.0. The minimum atomic E-state index is -0.942. The third-order valence-corrected chi connectivity index (χ3v) is 6.59. The molecule has 9 heteroatoms. The molecule has 2 heterocycles. The zero-order chi connectivity index (χ0) is 24.7. The number of nitrogens with zero attached hydrogens (tertiary/aromatic N) is 1. The van der Waals surface area contributed by atoms with Crippen molar-refractivity contribution in [3.63, 3.8) is 0 Å². The van der Waals surface area contributed by atoms with Crippen LogP contribution in [0.5, 0.6) is 17.2 Å². The van der Waals surface area contributed by atoms with Crippen molar-refractivity contribution in [1.82, 2.24) is 0 Å². The molecule has 7 nitrogen and oxygen atoms in total.